The molecule has 0 bridgehead atoms. The third kappa shape index (κ3) is 4.55. The summed E-state index contributed by atoms with van der Waals surface area (Å²) in [7, 11) is 0. The molecule has 0 spiro atoms. The van der Waals surface area contributed by atoms with Crippen LogP contribution in [-0.4, -0.2) is 37.3 Å². The minimum absolute atomic E-state index is 0.0551. The van der Waals surface area contributed by atoms with Crippen molar-refractivity contribution in [3.8, 4) is 5.75 Å². The maximum Gasteiger partial charge on any atom is 0.415 e. The fourth-order valence-electron chi connectivity index (χ4n) is 2.87. The fourth-order valence-corrected chi connectivity index (χ4v) is 2.87. The van der Waals surface area contributed by atoms with Gasteiger partial charge >= 0.3 is 6.09 Å². The number of hydrogen-bond acceptors (Lipinski definition) is 3. The van der Waals surface area contributed by atoms with Gasteiger partial charge < -0.3 is 14.4 Å². The van der Waals surface area contributed by atoms with Crippen molar-refractivity contribution in [1.29, 1.82) is 0 Å². The van der Waals surface area contributed by atoms with Gasteiger partial charge in [0, 0.05) is 18.7 Å². The van der Waals surface area contributed by atoms with Gasteiger partial charge in [-0.15, -0.1) is 0 Å². The molecular formula is C21H33NO3. The minimum Gasteiger partial charge on any atom is -0.410 e. The topological polar surface area (TPSA) is 38.8 Å². The van der Waals surface area contributed by atoms with E-state index in [0.29, 0.717) is 32.1 Å². The first-order chi connectivity index (χ1) is 11.7. The molecule has 140 valence electrons. The first-order valence-corrected chi connectivity index (χ1v) is 9.41. The molecule has 1 fully saturated rings. The molecule has 2 rings (SSSR count). The average molecular weight is 347 g/mol. The standard InChI is InChI=1S/C21H33NO3/c1-7-20(3,4)16-9-10-18(17(15-16)21(5,6)8-2)25-19(23)22-11-13-24-14-12-22/h9-10,15H,7-8,11-14H2,1-6H3. The Morgan fingerprint density at radius 1 is 1.08 bits per heavy atom. The smallest absolute Gasteiger partial charge is 0.410 e. The predicted molar refractivity (Wildman–Crippen MR) is 101 cm³/mol. The lowest BCUT2D eigenvalue weighted by atomic mass is 9.76. The number of carbonyl (C=O) groups excluding carboxylic acids is 1. The Hall–Kier alpha value is -1.55. The van der Waals surface area contributed by atoms with Crippen LogP contribution in [0.2, 0.25) is 0 Å². The molecule has 0 unspecified atom stereocenters. The van der Waals surface area contributed by atoms with Gasteiger partial charge in [0.05, 0.1) is 13.2 Å². The van der Waals surface area contributed by atoms with Crippen molar-refractivity contribution in [2.24, 2.45) is 0 Å². The first-order valence-electron chi connectivity index (χ1n) is 9.41. The molecule has 1 aliphatic rings. The van der Waals surface area contributed by atoms with E-state index in [2.05, 4.69) is 53.7 Å². The molecule has 1 aromatic carbocycles. The summed E-state index contributed by atoms with van der Waals surface area (Å²) >= 11 is 0. The minimum atomic E-state index is -0.279. The van der Waals surface area contributed by atoms with Crippen LogP contribution in [-0.2, 0) is 15.6 Å². The third-order valence-electron chi connectivity index (χ3n) is 5.72. The highest BCUT2D eigenvalue weighted by Crippen LogP contribution is 2.38. The van der Waals surface area contributed by atoms with Gasteiger partial charge in [0.1, 0.15) is 5.75 Å². The van der Waals surface area contributed by atoms with Crippen molar-refractivity contribution in [3.05, 3.63) is 29.3 Å². The van der Waals surface area contributed by atoms with Crippen molar-refractivity contribution in [3.63, 3.8) is 0 Å². The van der Waals surface area contributed by atoms with Crippen LogP contribution in [0.15, 0.2) is 18.2 Å². The zero-order chi connectivity index (χ0) is 18.7. The highest BCUT2D eigenvalue weighted by molar-refractivity contribution is 5.71. The average Bonchev–Trinajstić information content (AvgIpc) is 2.62. The van der Waals surface area contributed by atoms with Gasteiger partial charge in [0.15, 0.2) is 0 Å². The van der Waals surface area contributed by atoms with Crippen LogP contribution < -0.4 is 4.74 Å². The molecule has 4 nitrogen and oxygen atoms in total. The summed E-state index contributed by atoms with van der Waals surface area (Å²) in [5.74, 6) is 0.680. The van der Waals surface area contributed by atoms with E-state index in [1.54, 1.807) is 4.90 Å². The lowest BCUT2D eigenvalue weighted by Crippen LogP contribution is -2.42. The molecule has 4 heteroatoms. The number of carbonyl (C=O) groups is 1. The van der Waals surface area contributed by atoms with Crippen LogP contribution in [0.4, 0.5) is 4.79 Å². The van der Waals surface area contributed by atoms with E-state index >= 15 is 0 Å². The summed E-state index contributed by atoms with van der Waals surface area (Å²) in [6.07, 6.45) is 1.76. The van der Waals surface area contributed by atoms with Crippen LogP contribution >= 0.6 is 0 Å². The number of benzene rings is 1. The van der Waals surface area contributed by atoms with E-state index in [0.717, 1.165) is 18.4 Å². The maximum atomic E-state index is 12.5. The molecule has 1 aliphatic heterocycles. The van der Waals surface area contributed by atoms with Crippen LogP contribution in [0.25, 0.3) is 0 Å². The Kier molecular flexibility index (Phi) is 6.15. The first kappa shape index (κ1) is 19.8. The van der Waals surface area contributed by atoms with Crippen LogP contribution in [0.1, 0.15) is 65.5 Å². The molecule has 0 saturated carbocycles. The normalized spacial score (nSPS) is 16.0. The number of morpholine rings is 1. The number of hydrogen-bond donors (Lipinski definition) is 0. The van der Waals surface area contributed by atoms with E-state index in [9.17, 15) is 4.79 Å². The van der Waals surface area contributed by atoms with Crippen LogP contribution in [0.3, 0.4) is 0 Å². The number of ether oxygens (including phenoxy) is 2. The Bertz CT molecular complexity index is 601. The largest absolute Gasteiger partial charge is 0.415 e. The van der Waals surface area contributed by atoms with Crippen molar-refractivity contribution in [2.45, 2.75) is 65.2 Å². The van der Waals surface area contributed by atoms with Gasteiger partial charge in [-0.1, -0.05) is 53.7 Å². The van der Waals surface area contributed by atoms with E-state index < -0.39 is 0 Å². The monoisotopic (exact) mass is 347 g/mol. The predicted octanol–water partition coefficient (Wildman–Crippen LogP) is 4.89. The number of amides is 1. The van der Waals surface area contributed by atoms with Crippen LogP contribution in [0.5, 0.6) is 5.75 Å². The second kappa shape index (κ2) is 7.77. The molecular weight excluding hydrogens is 314 g/mol. The van der Waals surface area contributed by atoms with Gasteiger partial charge in [-0.05, 0) is 35.3 Å². The summed E-state index contributed by atoms with van der Waals surface area (Å²) in [6, 6.07) is 6.30. The Balaban J connectivity index is 2.34. The van der Waals surface area contributed by atoms with E-state index in [4.69, 9.17) is 9.47 Å². The molecule has 0 aromatic heterocycles. The zero-order valence-corrected chi connectivity index (χ0v) is 16.6. The van der Waals surface area contributed by atoms with Crippen molar-refractivity contribution in [1.82, 2.24) is 4.90 Å². The van der Waals surface area contributed by atoms with Crippen molar-refractivity contribution < 1.29 is 14.3 Å². The SMILES string of the molecule is CCC(C)(C)c1ccc(OC(=O)N2CCOCC2)c(C(C)(C)CC)c1. The molecule has 1 saturated heterocycles. The quantitative estimate of drug-likeness (QED) is 0.761. The lowest BCUT2D eigenvalue weighted by Gasteiger charge is -2.31. The molecule has 0 N–H and O–H groups in total. The molecule has 1 amide bonds. The Morgan fingerprint density at radius 3 is 2.24 bits per heavy atom. The molecule has 0 aliphatic carbocycles. The molecule has 0 radical (unpaired) electrons. The van der Waals surface area contributed by atoms with E-state index in [1.165, 1.54) is 5.56 Å². The summed E-state index contributed by atoms with van der Waals surface area (Å²) in [5, 5.41) is 0. The van der Waals surface area contributed by atoms with Crippen molar-refractivity contribution >= 4 is 6.09 Å². The third-order valence-corrected chi connectivity index (χ3v) is 5.72. The van der Waals surface area contributed by atoms with Gasteiger partial charge in [0.25, 0.3) is 0 Å². The van der Waals surface area contributed by atoms with Gasteiger partial charge in [-0.3, -0.25) is 0 Å². The number of nitrogens with zero attached hydrogens (tertiary/aromatic N) is 1. The summed E-state index contributed by atoms with van der Waals surface area (Å²) in [6.45, 7) is 15.6. The Morgan fingerprint density at radius 2 is 1.68 bits per heavy atom. The second-order valence-electron chi connectivity index (χ2n) is 8.15. The van der Waals surface area contributed by atoms with E-state index in [-0.39, 0.29) is 16.9 Å². The summed E-state index contributed by atoms with van der Waals surface area (Å²) < 4.78 is 11.1. The summed E-state index contributed by atoms with van der Waals surface area (Å²) in [5.41, 5.74) is 2.44. The molecule has 1 heterocycles. The van der Waals surface area contributed by atoms with Gasteiger partial charge in [-0.25, -0.2) is 4.79 Å². The van der Waals surface area contributed by atoms with Gasteiger partial charge in [-0.2, -0.15) is 0 Å². The zero-order valence-electron chi connectivity index (χ0n) is 16.6. The van der Waals surface area contributed by atoms with Gasteiger partial charge in [0.2, 0.25) is 0 Å². The number of rotatable bonds is 5. The highest BCUT2D eigenvalue weighted by atomic mass is 16.6. The Labute approximate surface area is 152 Å². The molecule has 1 aromatic rings. The lowest BCUT2D eigenvalue weighted by molar-refractivity contribution is 0.0414. The molecule has 0 atom stereocenters. The van der Waals surface area contributed by atoms with Crippen LogP contribution in [0, 0.1) is 0 Å². The maximum absolute atomic E-state index is 12.5. The second-order valence-corrected chi connectivity index (χ2v) is 8.15. The summed E-state index contributed by atoms with van der Waals surface area (Å²) in [4.78, 5) is 14.2. The highest BCUT2D eigenvalue weighted by Gasteiger charge is 2.28. The van der Waals surface area contributed by atoms with Crippen molar-refractivity contribution in [2.75, 3.05) is 26.3 Å². The van der Waals surface area contributed by atoms with E-state index in [1.807, 2.05) is 6.07 Å². The fraction of sp³-hybridized carbons (Fsp3) is 0.667. The molecule has 25 heavy (non-hydrogen) atoms.